The number of para-hydroxylation sites is 1. The number of esters is 1. The molecule has 1 aromatic carbocycles. The normalized spacial score (nSPS) is 19.3. The molecule has 0 heterocycles. The van der Waals surface area contributed by atoms with Gasteiger partial charge in [0.25, 0.3) is 5.91 Å². The Hall–Kier alpha value is -2.64. The molecular weight excluding hydrogens is 343 g/mol. The number of benzene rings is 1. The number of halogens is 1. The van der Waals surface area contributed by atoms with E-state index >= 15 is 0 Å². The molecule has 7 nitrogen and oxygen atoms in total. The van der Waals surface area contributed by atoms with E-state index in [0.29, 0.717) is 5.92 Å². The van der Waals surface area contributed by atoms with Crippen molar-refractivity contribution in [1.82, 2.24) is 10.6 Å². The first-order valence-electron chi connectivity index (χ1n) is 8.59. The Balaban J connectivity index is 1.65. The van der Waals surface area contributed by atoms with Crippen molar-refractivity contribution in [2.24, 2.45) is 5.92 Å². The quantitative estimate of drug-likeness (QED) is 0.753. The average Bonchev–Trinajstić information content (AvgIpc) is 2.61. The van der Waals surface area contributed by atoms with Crippen LogP contribution in [-0.2, 0) is 14.3 Å². The predicted molar refractivity (Wildman–Crippen MR) is 90.9 cm³/mol. The van der Waals surface area contributed by atoms with Gasteiger partial charge in [-0.3, -0.25) is 10.1 Å². The predicted octanol–water partition coefficient (Wildman–Crippen LogP) is 2.15. The van der Waals surface area contributed by atoms with Gasteiger partial charge in [-0.1, -0.05) is 31.9 Å². The van der Waals surface area contributed by atoms with Crippen LogP contribution >= 0.6 is 0 Å². The van der Waals surface area contributed by atoms with Crippen LogP contribution in [0.1, 0.15) is 32.6 Å². The summed E-state index contributed by atoms with van der Waals surface area (Å²) < 4.78 is 23.0. The molecule has 2 N–H and O–H groups in total. The summed E-state index contributed by atoms with van der Waals surface area (Å²) in [6.07, 6.45) is 4.11. The molecule has 2 rings (SSSR count). The number of imide groups is 1. The zero-order valence-electron chi connectivity index (χ0n) is 14.6. The number of rotatable bonds is 6. The van der Waals surface area contributed by atoms with E-state index in [1.54, 1.807) is 6.07 Å². The Kier molecular flexibility index (Phi) is 7.37. The van der Waals surface area contributed by atoms with Crippen molar-refractivity contribution in [3.05, 3.63) is 30.1 Å². The van der Waals surface area contributed by atoms with Gasteiger partial charge >= 0.3 is 12.0 Å². The molecule has 0 saturated heterocycles. The summed E-state index contributed by atoms with van der Waals surface area (Å²) in [6, 6.07) is 5.04. The van der Waals surface area contributed by atoms with Crippen molar-refractivity contribution >= 4 is 17.9 Å². The fraction of sp³-hybridized carbons (Fsp3) is 0.500. The van der Waals surface area contributed by atoms with Gasteiger partial charge in [0.2, 0.25) is 0 Å². The van der Waals surface area contributed by atoms with Gasteiger partial charge < -0.3 is 14.8 Å². The maximum Gasteiger partial charge on any atom is 0.344 e. The number of ether oxygens (including phenoxy) is 2. The lowest BCUT2D eigenvalue weighted by Gasteiger charge is -2.29. The van der Waals surface area contributed by atoms with Gasteiger partial charge in [0.05, 0.1) is 0 Å². The van der Waals surface area contributed by atoms with Gasteiger partial charge in [-0.2, -0.15) is 0 Å². The molecule has 0 bridgehead atoms. The molecule has 1 fully saturated rings. The first-order chi connectivity index (χ1) is 12.5. The third-order valence-electron chi connectivity index (χ3n) is 4.23. The number of hydrogen-bond donors (Lipinski definition) is 2. The fourth-order valence-corrected chi connectivity index (χ4v) is 2.78. The number of urea groups is 1. The smallest absolute Gasteiger partial charge is 0.344 e. The summed E-state index contributed by atoms with van der Waals surface area (Å²) in [5, 5.41) is 4.88. The van der Waals surface area contributed by atoms with Gasteiger partial charge in [-0.05, 0) is 30.9 Å². The van der Waals surface area contributed by atoms with Crippen molar-refractivity contribution in [3.8, 4) is 5.75 Å². The maximum atomic E-state index is 13.3. The first kappa shape index (κ1) is 19.7. The number of nitrogens with one attached hydrogen (secondary N) is 2. The highest BCUT2D eigenvalue weighted by molar-refractivity contribution is 5.95. The molecule has 8 heteroatoms. The topological polar surface area (TPSA) is 93.7 Å². The van der Waals surface area contributed by atoms with Gasteiger partial charge in [0.15, 0.2) is 24.8 Å². The van der Waals surface area contributed by atoms with Gasteiger partial charge in [0, 0.05) is 6.04 Å². The highest BCUT2D eigenvalue weighted by atomic mass is 19.1. The van der Waals surface area contributed by atoms with Crippen LogP contribution in [-0.4, -0.2) is 37.2 Å². The second-order valence-corrected chi connectivity index (χ2v) is 6.27. The Morgan fingerprint density at radius 3 is 2.62 bits per heavy atom. The zero-order chi connectivity index (χ0) is 18.9. The summed E-state index contributed by atoms with van der Waals surface area (Å²) in [5.41, 5.74) is 0. The van der Waals surface area contributed by atoms with E-state index in [2.05, 4.69) is 17.6 Å². The lowest BCUT2D eigenvalue weighted by molar-refractivity contribution is -0.150. The van der Waals surface area contributed by atoms with Crippen LogP contribution in [0.4, 0.5) is 9.18 Å². The minimum Gasteiger partial charge on any atom is -0.479 e. The molecule has 3 amide bonds. The third kappa shape index (κ3) is 6.34. The SMILES string of the molecule is C[C@@H]1CCCC[C@H]1NC(=O)NC(=O)COC(=O)COc1ccccc1F. The van der Waals surface area contributed by atoms with Crippen LogP contribution in [0.3, 0.4) is 0 Å². The molecule has 0 spiro atoms. The van der Waals surface area contributed by atoms with Crippen molar-refractivity contribution in [2.45, 2.75) is 38.6 Å². The van der Waals surface area contributed by atoms with E-state index in [4.69, 9.17) is 9.47 Å². The number of carbonyl (C=O) groups excluding carboxylic acids is 3. The Labute approximate surface area is 151 Å². The molecule has 2 atom stereocenters. The molecule has 0 unspecified atom stereocenters. The molecule has 0 aromatic heterocycles. The highest BCUT2D eigenvalue weighted by Crippen LogP contribution is 2.23. The average molecular weight is 366 g/mol. The van der Waals surface area contributed by atoms with Crippen molar-refractivity contribution in [2.75, 3.05) is 13.2 Å². The van der Waals surface area contributed by atoms with Gasteiger partial charge in [-0.15, -0.1) is 0 Å². The van der Waals surface area contributed by atoms with E-state index in [-0.39, 0.29) is 11.8 Å². The van der Waals surface area contributed by atoms with Crippen molar-refractivity contribution < 1.29 is 28.2 Å². The van der Waals surface area contributed by atoms with Gasteiger partial charge in [0.1, 0.15) is 0 Å². The molecule has 1 aliphatic rings. The van der Waals surface area contributed by atoms with Crippen molar-refractivity contribution in [1.29, 1.82) is 0 Å². The second kappa shape index (κ2) is 9.74. The molecule has 142 valence electrons. The fourth-order valence-electron chi connectivity index (χ4n) is 2.78. The minimum absolute atomic E-state index is 0.0354. The minimum atomic E-state index is -0.843. The standard InChI is InChI=1S/C18H23FN2O5/c1-12-6-2-4-8-14(12)20-18(24)21-16(22)10-26-17(23)11-25-15-9-5-3-7-13(15)19/h3,5,7,9,12,14H,2,4,6,8,10-11H2,1H3,(H2,20,21,22,24)/t12-,14-/m1/s1. The lowest BCUT2D eigenvalue weighted by Crippen LogP contribution is -2.48. The molecule has 1 saturated carbocycles. The van der Waals surface area contributed by atoms with Crippen LogP contribution < -0.4 is 15.4 Å². The number of carbonyl (C=O) groups is 3. The summed E-state index contributed by atoms with van der Waals surface area (Å²) in [6.45, 7) is 0.899. The summed E-state index contributed by atoms with van der Waals surface area (Å²) in [5.74, 6) is -1.92. The first-order valence-corrected chi connectivity index (χ1v) is 8.59. The van der Waals surface area contributed by atoms with Crippen LogP contribution in [0, 0.1) is 11.7 Å². The monoisotopic (exact) mass is 366 g/mol. The molecule has 0 radical (unpaired) electrons. The largest absolute Gasteiger partial charge is 0.479 e. The molecule has 26 heavy (non-hydrogen) atoms. The molecule has 0 aliphatic heterocycles. The van der Waals surface area contributed by atoms with E-state index in [1.807, 2.05) is 0 Å². The van der Waals surface area contributed by atoms with E-state index in [0.717, 1.165) is 25.7 Å². The molecule has 1 aliphatic carbocycles. The van der Waals surface area contributed by atoms with Gasteiger partial charge in [-0.25, -0.2) is 14.0 Å². The second-order valence-electron chi connectivity index (χ2n) is 6.27. The van der Waals surface area contributed by atoms with Crippen LogP contribution in [0.5, 0.6) is 5.75 Å². The zero-order valence-corrected chi connectivity index (χ0v) is 14.6. The van der Waals surface area contributed by atoms with Crippen molar-refractivity contribution in [3.63, 3.8) is 0 Å². The third-order valence-corrected chi connectivity index (χ3v) is 4.23. The highest BCUT2D eigenvalue weighted by Gasteiger charge is 2.23. The van der Waals surface area contributed by atoms with E-state index < -0.39 is 36.9 Å². The maximum absolute atomic E-state index is 13.3. The Morgan fingerprint density at radius 2 is 1.88 bits per heavy atom. The summed E-state index contributed by atoms with van der Waals surface area (Å²) in [7, 11) is 0. The van der Waals surface area contributed by atoms with Crippen LogP contribution in [0.2, 0.25) is 0 Å². The molecule has 1 aromatic rings. The van der Waals surface area contributed by atoms with Crippen LogP contribution in [0.15, 0.2) is 24.3 Å². The molecular formula is C18H23FN2O5. The van der Waals surface area contributed by atoms with Crippen LogP contribution in [0.25, 0.3) is 0 Å². The number of hydrogen-bond acceptors (Lipinski definition) is 5. The lowest BCUT2D eigenvalue weighted by atomic mass is 9.86. The Morgan fingerprint density at radius 1 is 1.15 bits per heavy atom. The number of amides is 3. The van der Waals surface area contributed by atoms with E-state index in [9.17, 15) is 18.8 Å². The Bertz CT molecular complexity index is 652. The summed E-state index contributed by atoms with van der Waals surface area (Å²) >= 11 is 0. The summed E-state index contributed by atoms with van der Waals surface area (Å²) in [4.78, 5) is 35.0. The van der Waals surface area contributed by atoms with E-state index in [1.165, 1.54) is 18.2 Å².